The van der Waals surface area contributed by atoms with Gasteiger partial charge in [0.05, 0.1) is 10.5 Å². The lowest BCUT2D eigenvalue weighted by atomic mass is 9.92. The molecule has 21 heavy (non-hydrogen) atoms. The normalized spacial score (nSPS) is 16.7. The quantitative estimate of drug-likeness (QED) is 0.715. The number of hydrogen-bond acceptors (Lipinski definition) is 4. The lowest BCUT2D eigenvalue weighted by Gasteiger charge is -2.29. The van der Waals surface area contributed by atoms with Gasteiger partial charge in [-0.15, -0.1) is 0 Å². The summed E-state index contributed by atoms with van der Waals surface area (Å²) in [6.45, 7) is 8.11. The van der Waals surface area contributed by atoms with Crippen molar-refractivity contribution in [3.05, 3.63) is 29.8 Å². The minimum atomic E-state index is -3.44. The predicted molar refractivity (Wildman–Crippen MR) is 84.6 cm³/mol. The number of hydrogen-bond donors (Lipinski definition) is 3. The largest absolute Gasteiger partial charge is 0.389 e. The van der Waals surface area contributed by atoms with Crippen molar-refractivity contribution >= 4 is 10.0 Å². The van der Waals surface area contributed by atoms with E-state index in [-0.39, 0.29) is 16.9 Å². The summed E-state index contributed by atoms with van der Waals surface area (Å²) >= 11 is 0. The van der Waals surface area contributed by atoms with Crippen LogP contribution in [-0.2, 0) is 10.0 Å². The molecule has 5 nitrogen and oxygen atoms in total. The lowest BCUT2D eigenvalue weighted by Crippen LogP contribution is -2.43. The Labute approximate surface area is 127 Å². The highest BCUT2D eigenvalue weighted by Crippen LogP contribution is 2.20. The van der Waals surface area contributed by atoms with Gasteiger partial charge in [-0.1, -0.05) is 26.0 Å². The Morgan fingerprint density at radius 3 is 2.43 bits per heavy atom. The van der Waals surface area contributed by atoms with Crippen LogP contribution < -0.4 is 10.0 Å². The van der Waals surface area contributed by atoms with Crippen LogP contribution in [0, 0.1) is 5.92 Å². The highest BCUT2D eigenvalue weighted by atomic mass is 32.2. The van der Waals surface area contributed by atoms with Gasteiger partial charge in [-0.2, -0.15) is 0 Å². The summed E-state index contributed by atoms with van der Waals surface area (Å²) in [4.78, 5) is 0.242. The van der Waals surface area contributed by atoms with Crippen molar-refractivity contribution in [2.45, 2.75) is 44.2 Å². The molecule has 0 aliphatic rings. The van der Waals surface area contributed by atoms with Gasteiger partial charge in [0.1, 0.15) is 0 Å². The number of benzene rings is 1. The van der Waals surface area contributed by atoms with Gasteiger partial charge in [-0.05, 0) is 44.5 Å². The highest BCUT2D eigenvalue weighted by Gasteiger charge is 2.25. The molecule has 0 fully saturated rings. The molecule has 0 aromatic heterocycles. The molecule has 0 aliphatic carbocycles. The molecule has 0 saturated carbocycles. The molecule has 1 aromatic rings. The smallest absolute Gasteiger partial charge is 0.240 e. The maximum absolute atomic E-state index is 11.8. The molecule has 2 unspecified atom stereocenters. The van der Waals surface area contributed by atoms with Gasteiger partial charge < -0.3 is 10.4 Å². The van der Waals surface area contributed by atoms with E-state index >= 15 is 0 Å². The minimum Gasteiger partial charge on any atom is -0.389 e. The molecule has 0 aliphatic heterocycles. The topological polar surface area (TPSA) is 78.4 Å². The summed E-state index contributed by atoms with van der Waals surface area (Å²) in [6, 6.07) is 6.75. The second-order valence-corrected chi connectivity index (χ2v) is 7.78. The fraction of sp³-hybridized carbons (Fsp3) is 0.600. The van der Waals surface area contributed by atoms with Crippen LogP contribution in [0.15, 0.2) is 29.2 Å². The Morgan fingerprint density at radius 1 is 1.29 bits per heavy atom. The SMILES string of the molecule is CNS(=O)(=O)c1cccc(C(C)NCC(C)(O)C(C)C)c1. The van der Waals surface area contributed by atoms with E-state index < -0.39 is 15.6 Å². The molecular weight excluding hydrogens is 288 g/mol. The van der Waals surface area contributed by atoms with Gasteiger partial charge in [-0.3, -0.25) is 0 Å². The first-order valence-corrected chi connectivity index (χ1v) is 8.57. The summed E-state index contributed by atoms with van der Waals surface area (Å²) in [5.41, 5.74) is 0.0639. The van der Waals surface area contributed by atoms with E-state index in [1.165, 1.54) is 7.05 Å². The Hall–Kier alpha value is -0.950. The predicted octanol–water partition coefficient (Wildman–Crippen LogP) is 1.65. The first-order valence-electron chi connectivity index (χ1n) is 7.09. The molecule has 0 heterocycles. The van der Waals surface area contributed by atoms with Gasteiger partial charge in [0, 0.05) is 12.6 Å². The number of nitrogens with one attached hydrogen (secondary N) is 2. The van der Waals surface area contributed by atoms with Crippen molar-refractivity contribution in [2.75, 3.05) is 13.6 Å². The molecule has 0 saturated heterocycles. The van der Waals surface area contributed by atoms with E-state index in [4.69, 9.17) is 0 Å². The van der Waals surface area contributed by atoms with Crippen LogP contribution in [0.5, 0.6) is 0 Å². The van der Waals surface area contributed by atoms with Crippen molar-refractivity contribution in [2.24, 2.45) is 5.92 Å². The van der Waals surface area contributed by atoms with Crippen LogP contribution in [0.4, 0.5) is 0 Å². The van der Waals surface area contributed by atoms with Crippen molar-refractivity contribution < 1.29 is 13.5 Å². The van der Waals surface area contributed by atoms with Crippen LogP contribution in [-0.4, -0.2) is 32.7 Å². The average Bonchev–Trinajstić information content (AvgIpc) is 2.44. The molecule has 2 atom stereocenters. The molecule has 0 radical (unpaired) electrons. The van der Waals surface area contributed by atoms with Crippen molar-refractivity contribution in [1.29, 1.82) is 0 Å². The molecule has 6 heteroatoms. The van der Waals surface area contributed by atoms with Crippen LogP contribution in [0.3, 0.4) is 0 Å². The molecule has 1 rings (SSSR count). The Kier molecular flexibility index (Phi) is 5.92. The van der Waals surface area contributed by atoms with Gasteiger partial charge in [-0.25, -0.2) is 13.1 Å². The molecule has 0 amide bonds. The minimum absolute atomic E-state index is 0.0535. The van der Waals surface area contributed by atoms with Gasteiger partial charge in [0.15, 0.2) is 0 Å². The van der Waals surface area contributed by atoms with Gasteiger partial charge in [0.2, 0.25) is 10.0 Å². The summed E-state index contributed by atoms with van der Waals surface area (Å²) < 4.78 is 25.9. The zero-order chi connectivity index (χ0) is 16.3. The molecular formula is C15H26N2O3S. The monoisotopic (exact) mass is 314 g/mol. The number of sulfonamides is 1. The maximum atomic E-state index is 11.8. The van der Waals surface area contributed by atoms with Gasteiger partial charge >= 0.3 is 0 Å². The van der Waals surface area contributed by atoms with Crippen molar-refractivity contribution in [1.82, 2.24) is 10.0 Å². The number of rotatable bonds is 7. The third-order valence-corrected chi connectivity index (χ3v) is 5.36. The van der Waals surface area contributed by atoms with Gasteiger partial charge in [0.25, 0.3) is 0 Å². The van der Waals surface area contributed by atoms with E-state index in [2.05, 4.69) is 10.0 Å². The van der Waals surface area contributed by atoms with Crippen molar-refractivity contribution in [3.63, 3.8) is 0 Å². The Morgan fingerprint density at radius 2 is 1.90 bits per heavy atom. The summed E-state index contributed by atoms with van der Waals surface area (Å²) in [7, 11) is -2.05. The summed E-state index contributed by atoms with van der Waals surface area (Å²) in [5.74, 6) is 0.133. The van der Waals surface area contributed by atoms with E-state index in [0.717, 1.165) is 5.56 Å². The van der Waals surface area contributed by atoms with E-state index in [0.29, 0.717) is 6.54 Å². The van der Waals surface area contributed by atoms with Crippen molar-refractivity contribution in [3.8, 4) is 0 Å². The zero-order valence-electron chi connectivity index (χ0n) is 13.3. The third-order valence-electron chi connectivity index (χ3n) is 3.95. The fourth-order valence-electron chi connectivity index (χ4n) is 1.75. The van der Waals surface area contributed by atoms with E-state index in [9.17, 15) is 13.5 Å². The Balaban J connectivity index is 2.85. The zero-order valence-corrected chi connectivity index (χ0v) is 14.2. The molecule has 0 spiro atoms. The molecule has 0 bridgehead atoms. The molecule has 1 aromatic carbocycles. The van der Waals surface area contributed by atoms with Crippen LogP contribution in [0.2, 0.25) is 0 Å². The first kappa shape index (κ1) is 18.1. The molecule has 120 valence electrons. The Bertz CT molecular complexity index is 568. The second kappa shape index (κ2) is 6.87. The van der Waals surface area contributed by atoms with E-state index in [1.54, 1.807) is 25.1 Å². The summed E-state index contributed by atoms with van der Waals surface area (Å²) in [5, 5.41) is 13.5. The lowest BCUT2D eigenvalue weighted by molar-refractivity contribution is 0.0122. The standard InChI is InChI=1S/C15H26N2O3S/c1-11(2)15(4,18)10-17-12(3)13-7-6-8-14(9-13)21(19,20)16-5/h6-9,11-12,16-18H,10H2,1-5H3. The van der Waals surface area contributed by atoms with Crippen LogP contribution >= 0.6 is 0 Å². The van der Waals surface area contributed by atoms with E-state index in [1.807, 2.05) is 26.8 Å². The second-order valence-electron chi connectivity index (χ2n) is 5.89. The molecule has 3 N–H and O–H groups in total. The maximum Gasteiger partial charge on any atom is 0.240 e. The fourth-order valence-corrected chi connectivity index (χ4v) is 2.54. The number of aliphatic hydroxyl groups is 1. The average molecular weight is 314 g/mol. The highest BCUT2D eigenvalue weighted by molar-refractivity contribution is 7.89. The summed E-state index contributed by atoms with van der Waals surface area (Å²) in [6.07, 6.45) is 0. The third kappa shape index (κ3) is 4.78. The first-order chi connectivity index (χ1) is 9.60. The van der Waals surface area contributed by atoms with Crippen LogP contribution in [0.1, 0.15) is 39.3 Å². The van der Waals surface area contributed by atoms with Crippen LogP contribution in [0.25, 0.3) is 0 Å².